The van der Waals surface area contributed by atoms with Crippen LogP contribution in [0.1, 0.15) is 28.8 Å². The number of likely N-dealkylation sites (tertiary alicyclic amines) is 1. The number of nitrogens with one attached hydrogen (secondary N) is 1. The minimum absolute atomic E-state index is 0.0213. The van der Waals surface area contributed by atoms with Crippen LogP contribution in [0.5, 0.6) is 0 Å². The minimum Gasteiger partial charge on any atom is -0.356 e. The van der Waals surface area contributed by atoms with Crippen LogP contribution in [-0.4, -0.2) is 51.9 Å². The molecule has 2 aliphatic rings. The van der Waals surface area contributed by atoms with Crippen molar-refractivity contribution in [3.05, 3.63) is 53.5 Å². The predicted molar refractivity (Wildman–Crippen MR) is 105 cm³/mol. The highest BCUT2D eigenvalue weighted by Crippen LogP contribution is 2.51. The van der Waals surface area contributed by atoms with E-state index >= 15 is 0 Å². The van der Waals surface area contributed by atoms with Gasteiger partial charge in [-0.15, -0.1) is 0 Å². The number of H-pyrrole nitrogens is 1. The van der Waals surface area contributed by atoms with Crippen LogP contribution in [0, 0.1) is 28.4 Å². The molecule has 0 unspecified atom stereocenters. The average Bonchev–Trinajstić information content (AvgIpc) is 3.14. The second kappa shape index (κ2) is 6.49. The number of nitrogens with zero attached hydrogens (tertiary/aromatic N) is 5. The van der Waals surface area contributed by atoms with Gasteiger partial charge in [0.1, 0.15) is 35.2 Å². The molecule has 1 aliphatic heterocycles. The molecule has 1 aromatic carbocycles. The summed E-state index contributed by atoms with van der Waals surface area (Å²) in [6.45, 7) is 1.05. The second-order valence-corrected chi connectivity index (χ2v) is 8.17. The number of rotatable bonds is 3. The third-order valence-electron chi connectivity index (χ3n) is 6.33. The van der Waals surface area contributed by atoms with E-state index in [9.17, 15) is 13.6 Å². The number of aromatic nitrogens is 3. The van der Waals surface area contributed by atoms with E-state index in [2.05, 4.69) is 19.9 Å². The molecule has 1 saturated heterocycles. The SMILES string of the molecule is CN(c1ncnc2[nH]ccc12)C1CC2(C1)CN(C(=O)c1ccc(F)c(C#N)c1F)C2. The number of hydrogen-bond acceptors (Lipinski definition) is 5. The van der Waals surface area contributed by atoms with E-state index in [0.29, 0.717) is 19.1 Å². The third-order valence-corrected chi connectivity index (χ3v) is 6.33. The number of nitriles is 1. The highest BCUT2D eigenvalue weighted by Gasteiger charge is 2.55. The zero-order valence-electron chi connectivity index (χ0n) is 16.2. The van der Waals surface area contributed by atoms with Crippen LogP contribution in [0.4, 0.5) is 14.6 Å². The van der Waals surface area contributed by atoms with Gasteiger partial charge in [0, 0.05) is 37.8 Å². The van der Waals surface area contributed by atoms with Crippen LogP contribution in [-0.2, 0) is 0 Å². The Balaban J connectivity index is 1.25. The van der Waals surface area contributed by atoms with Crippen molar-refractivity contribution < 1.29 is 13.6 Å². The molecule has 1 spiro atoms. The number of hydrogen-bond donors (Lipinski definition) is 1. The van der Waals surface area contributed by atoms with Crippen molar-refractivity contribution in [1.82, 2.24) is 19.9 Å². The lowest BCUT2D eigenvalue weighted by molar-refractivity contribution is -0.0543. The Labute approximate surface area is 170 Å². The van der Waals surface area contributed by atoms with Crippen molar-refractivity contribution in [3.8, 4) is 6.07 Å². The van der Waals surface area contributed by atoms with Crippen molar-refractivity contribution in [2.24, 2.45) is 5.41 Å². The van der Waals surface area contributed by atoms with Gasteiger partial charge in [0.15, 0.2) is 5.82 Å². The van der Waals surface area contributed by atoms with Crippen molar-refractivity contribution >= 4 is 22.8 Å². The molecule has 3 heterocycles. The Morgan fingerprint density at radius 3 is 2.80 bits per heavy atom. The Kier molecular flexibility index (Phi) is 4.00. The second-order valence-electron chi connectivity index (χ2n) is 8.17. The minimum atomic E-state index is -1.09. The molecule has 2 fully saturated rings. The van der Waals surface area contributed by atoms with Crippen LogP contribution in [0.3, 0.4) is 0 Å². The largest absolute Gasteiger partial charge is 0.356 e. The average molecular weight is 408 g/mol. The molecule has 1 aliphatic carbocycles. The number of carbonyl (C=O) groups excluding carboxylic acids is 1. The molecule has 2 aromatic heterocycles. The lowest BCUT2D eigenvalue weighted by Gasteiger charge is -2.60. The van der Waals surface area contributed by atoms with Crippen LogP contribution in [0.25, 0.3) is 11.0 Å². The van der Waals surface area contributed by atoms with Crippen molar-refractivity contribution in [2.75, 3.05) is 25.0 Å². The van der Waals surface area contributed by atoms with Gasteiger partial charge in [-0.05, 0) is 31.0 Å². The van der Waals surface area contributed by atoms with E-state index in [-0.39, 0.29) is 11.0 Å². The van der Waals surface area contributed by atoms with Crippen molar-refractivity contribution in [2.45, 2.75) is 18.9 Å². The molecule has 0 atom stereocenters. The van der Waals surface area contributed by atoms with E-state index in [0.717, 1.165) is 41.8 Å². The molecular weight excluding hydrogens is 390 g/mol. The zero-order valence-corrected chi connectivity index (χ0v) is 16.2. The molecule has 0 bridgehead atoms. The van der Waals surface area contributed by atoms with E-state index in [4.69, 9.17) is 5.26 Å². The van der Waals surface area contributed by atoms with Gasteiger partial charge < -0.3 is 14.8 Å². The Morgan fingerprint density at radius 1 is 1.30 bits per heavy atom. The molecule has 30 heavy (non-hydrogen) atoms. The van der Waals surface area contributed by atoms with Gasteiger partial charge in [0.05, 0.1) is 10.9 Å². The number of amides is 1. The molecule has 1 amide bonds. The number of anilines is 1. The molecule has 7 nitrogen and oxygen atoms in total. The van der Waals surface area contributed by atoms with E-state index < -0.39 is 23.1 Å². The Bertz CT molecular complexity index is 1200. The van der Waals surface area contributed by atoms with Crippen molar-refractivity contribution in [3.63, 3.8) is 0 Å². The molecule has 9 heteroatoms. The molecule has 1 N–H and O–H groups in total. The van der Waals surface area contributed by atoms with Crippen LogP contribution in [0.2, 0.25) is 0 Å². The van der Waals surface area contributed by atoms with Crippen molar-refractivity contribution in [1.29, 1.82) is 5.26 Å². The molecule has 0 radical (unpaired) electrons. The molecule has 152 valence electrons. The highest BCUT2D eigenvalue weighted by atomic mass is 19.1. The molecule has 1 saturated carbocycles. The van der Waals surface area contributed by atoms with Gasteiger partial charge >= 0.3 is 0 Å². The number of carbonyl (C=O) groups is 1. The summed E-state index contributed by atoms with van der Waals surface area (Å²) in [7, 11) is 2.01. The lowest BCUT2D eigenvalue weighted by atomic mass is 9.60. The number of fused-ring (bicyclic) bond motifs is 1. The smallest absolute Gasteiger partial charge is 0.256 e. The molecular formula is C21H18F2N6O. The quantitative estimate of drug-likeness (QED) is 0.720. The number of aromatic amines is 1. The maximum atomic E-state index is 14.3. The summed E-state index contributed by atoms with van der Waals surface area (Å²) >= 11 is 0. The Morgan fingerprint density at radius 2 is 2.07 bits per heavy atom. The zero-order chi connectivity index (χ0) is 21.0. The monoisotopic (exact) mass is 408 g/mol. The standard InChI is InChI=1S/C21H18F2N6O/c1-28(19-14-4-5-25-18(14)26-11-27-19)12-6-21(7-12)9-29(10-21)20(30)13-2-3-16(22)15(8-24)17(13)23/h2-5,11-12H,6-7,9-10H2,1H3,(H,25,26,27). The van der Waals surface area contributed by atoms with Crippen LogP contribution >= 0.6 is 0 Å². The fraction of sp³-hybridized carbons (Fsp3) is 0.333. The van der Waals surface area contributed by atoms with E-state index in [1.807, 2.05) is 19.3 Å². The first-order valence-corrected chi connectivity index (χ1v) is 9.61. The van der Waals surface area contributed by atoms with E-state index in [1.165, 1.54) is 12.4 Å². The first kappa shape index (κ1) is 18.5. The van der Waals surface area contributed by atoms with Gasteiger partial charge in [0.2, 0.25) is 0 Å². The number of benzene rings is 1. The van der Waals surface area contributed by atoms with Gasteiger partial charge in [-0.1, -0.05) is 0 Å². The van der Waals surface area contributed by atoms with Gasteiger partial charge in [-0.3, -0.25) is 4.79 Å². The fourth-order valence-corrected chi connectivity index (χ4v) is 4.68. The summed E-state index contributed by atoms with van der Waals surface area (Å²) in [6.07, 6.45) is 5.17. The maximum absolute atomic E-state index is 14.3. The van der Waals surface area contributed by atoms with Gasteiger partial charge in [-0.25, -0.2) is 18.7 Å². The predicted octanol–water partition coefficient (Wildman–Crippen LogP) is 2.85. The maximum Gasteiger partial charge on any atom is 0.256 e. The topological polar surface area (TPSA) is 88.9 Å². The summed E-state index contributed by atoms with van der Waals surface area (Å²) in [4.78, 5) is 28.1. The van der Waals surface area contributed by atoms with E-state index in [1.54, 1.807) is 4.90 Å². The molecule has 3 aromatic rings. The summed E-state index contributed by atoms with van der Waals surface area (Å²) in [5.74, 6) is -1.69. The first-order valence-electron chi connectivity index (χ1n) is 9.61. The normalized spacial score (nSPS) is 17.5. The first-order chi connectivity index (χ1) is 14.4. The van der Waals surface area contributed by atoms with Crippen LogP contribution < -0.4 is 4.90 Å². The van der Waals surface area contributed by atoms with Crippen LogP contribution in [0.15, 0.2) is 30.7 Å². The van der Waals surface area contributed by atoms with Gasteiger partial charge in [-0.2, -0.15) is 5.26 Å². The third kappa shape index (κ3) is 2.64. The van der Waals surface area contributed by atoms with Gasteiger partial charge in [0.25, 0.3) is 5.91 Å². The molecule has 5 rings (SSSR count). The fourth-order valence-electron chi connectivity index (χ4n) is 4.68. The summed E-state index contributed by atoms with van der Waals surface area (Å²) in [6, 6.07) is 5.79. The summed E-state index contributed by atoms with van der Waals surface area (Å²) in [5, 5.41) is 9.87. The lowest BCUT2D eigenvalue weighted by Crippen LogP contribution is -2.67. The Hall–Kier alpha value is -3.54. The highest BCUT2D eigenvalue weighted by molar-refractivity contribution is 5.95. The summed E-state index contributed by atoms with van der Waals surface area (Å²) < 4.78 is 27.8. The number of halogens is 2. The summed E-state index contributed by atoms with van der Waals surface area (Å²) in [5.41, 5.74) is -0.165.